The molecule has 1 aromatic rings. The Morgan fingerprint density at radius 3 is 2.67 bits per heavy atom. The van der Waals surface area contributed by atoms with Crippen molar-refractivity contribution in [2.24, 2.45) is 11.8 Å². The minimum Gasteiger partial charge on any atom is -0.477 e. The highest BCUT2D eigenvalue weighted by Gasteiger charge is 2.21. The fraction of sp³-hybridized carbons (Fsp3) is 0.692. The Hall–Kier alpha value is -1.36. The predicted molar refractivity (Wildman–Crippen MR) is 71.5 cm³/mol. The molecular weight excluding hydrogens is 228 g/mol. The Kier molecular flexibility index (Phi) is 4.01. The summed E-state index contributed by atoms with van der Waals surface area (Å²) in [5, 5.41) is 0. The van der Waals surface area contributed by atoms with Crippen LogP contribution in [0.5, 0.6) is 5.88 Å². The highest BCUT2D eigenvalue weighted by atomic mass is 16.5. The van der Waals surface area contributed by atoms with E-state index in [1.165, 1.54) is 12.8 Å². The van der Waals surface area contributed by atoms with E-state index in [2.05, 4.69) is 29.2 Å². The van der Waals surface area contributed by atoms with Crippen LogP contribution in [0.15, 0.2) is 0 Å². The zero-order valence-electron chi connectivity index (χ0n) is 11.4. The molecular formula is C13H22N4O. The Morgan fingerprint density at radius 1 is 1.39 bits per heavy atom. The quantitative estimate of drug-likeness (QED) is 0.599. The molecule has 0 atom stereocenters. The van der Waals surface area contributed by atoms with E-state index in [1.54, 1.807) is 0 Å². The Bertz CT molecular complexity index is 416. The summed E-state index contributed by atoms with van der Waals surface area (Å²) in [4.78, 5) is 8.85. The van der Waals surface area contributed by atoms with Crippen molar-refractivity contribution < 1.29 is 4.74 Å². The van der Waals surface area contributed by atoms with Crippen molar-refractivity contribution in [3.63, 3.8) is 0 Å². The number of nitrogen functional groups attached to an aromatic ring is 1. The lowest BCUT2D eigenvalue weighted by Crippen LogP contribution is -2.14. The molecule has 5 nitrogen and oxygen atoms in total. The van der Waals surface area contributed by atoms with Crippen LogP contribution in [0.4, 0.5) is 5.82 Å². The van der Waals surface area contributed by atoms with Crippen molar-refractivity contribution in [3.05, 3.63) is 11.4 Å². The lowest BCUT2D eigenvalue weighted by Gasteiger charge is -2.14. The summed E-state index contributed by atoms with van der Waals surface area (Å²) in [6.07, 6.45) is 3.81. The van der Waals surface area contributed by atoms with E-state index < -0.39 is 0 Å². The monoisotopic (exact) mass is 250 g/mol. The molecule has 0 aliphatic heterocycles. The first-order chi connectivity index (χ1) is 8.61. The minimum absolute atomic E-state index is 0.253. The number of anilines is 1. The number of aromatic nitrogens is 2. The van der Waals surface area contributed by atoms with Gasteiger partial charge in [0.05, 0.1) is 12.2 Å². The number of hydrazine groups is 1. The molecule has 2 rings (SSSR count). The van der Waals surface area contributed by atoms with Gasteiger partial charge in [0, 0.05) is 5.92 Å². The van der Waals surface area contributed by atoms with Gasteiger partial charge in [-0.3, -0.25) is 0 Å². The fourth-order valence-corrected chi connectivity index (χ4v) is 1.78. The number of nitrogens with two attached hydrogens (primary N) is 1. The van der Waals surface area contributed by atoms with E-state index in [9.17, 15) is 0 Å². The summed E-state index contributed by atoms with van der Waals surface area (Å²) < 4.78 is 5.77. The number of nitrogens with one attached hydrogen (secondary N) is 1. The molecule has 1 heterocycles. The lowest BCUT2D eigenvalue weighted by molar-refractivity contribution is 0.287. The molecule has 0 radical (unpaired) electrons. The van der Waals surface area contributed by atoms with Crippen LogP contribution in [-0.4, -0.2) is 16.6 Å². The summed E-state index contributed by atoms with van der Waals surface area (Å²) >= 11 is 0. The molecule has 100 valence electrons. The molecule has 5 heteroatoms. The van der Waals surface area contributed by atoms with Gasteiger partial charge in [0.2, 0.25) is 5.88 Å². The first-order valence-electron chi connectivity index (χ1n) is 6.59. The van der Waals surface area contributed by atoms with Gasteiger partial charge in [0.1, 0.15) is 11.6 Å². The highest BCUT2D eigenvalue weighted by molar-refractivity contribution is 5.47. The highest BCUT2D eigenvalue weighted by Crippen LogP contribution is 2.32. The van der Waals surface area contributed by atoms with Crippen molar-refractivity contribution >= 4 is 5.82 Å². The summed E-state index contributed by atoms with van der Waals surface area (Å²) in [6.45, 7) is 6.76. The molecule has 18 heavy (non-hydrogen) atoms. The van der Waals surface area contributed by atoms with Crippen molar-refractivity contribution in [2.75, 3.05) is 12.0 Å². The molecule has 0 saturated heterocycles. The van der Waals surface area contributed by atoms with E-state index in [0.29, 0.717) is 11.7 Å². The summed E-state index contributed by atoms with van der Waals surface area (Å²) in [6, 6.07) is 0. The number of rotatable bonds is 6. The molecule has 3 N–H and O–H groups in total. The van der Waals surface area contributed by atoms with Crippen molar-refractivity contribution in [1.82, 2.24) is 9.97 Å². The number of hydrogen-bond donors (Lipinski definition) is 2. The molecule has 0 amide bonds. The second-order valence-electron chi connectivity index (χ2n) is 5.24. The zero-order chi connectivity index (χ0) is 13.1. The van der Waals surface area contributed by atoms with E-state index in [4.69, 9.17) is 10.6 Å². The normalized spacial score (nSPS) is 14.9. The molecule has 1 fully saturated rings. The molecule has 1 saturated carbocycles. The smallest absolute Gasteiger partial charge is 0.221 e. The maximum Gasteiger partial charge on any atom is 0.221 e. The van der Waals surface area contributed by atoms with E-state index >= 15 is 0 Å². The van der Waals surface area contributed by atoms with Crippen LogP contribution in [0.1, 0.15) is 50.4 Å². The van der Waals surface area contributed by atoms with Gasteiger partial charge in [-0.1, -0.05) is 26.7 Å². The average Bonchev–Trinajstić information content (AvgIpc) is 3.15. The third kappa shape index (κ3) is 3.10. The molecule has 0 aromatic carbocycles. The molecule has 1 aliphatic carbocycles. The molecule has 0 bridgehead atoms. The van der Waals surface area contributed by atoms with Gasteiger partial charge in [-0.25, -0.2) is 10.8 Å². The van der Waals surface area contributed by atoms with Gasteiger partial charge in [-0.15, -0.1) is 0 Å². The first-order valence-corrected chi connectivity index (χ1v) is 6.59. The van der Waals surface area contributed by atoms with Gasteiger partial charge in [-0.05, 0) is 19.3 Å². The van der Waals surface area contributed by atoms with Crippen LogP contribution in [-0.2, 0) is 0 Å². The zero-order valence-corrected chi connectivity index (χ0v) is 11.4. The lowest BCUT2D eigenvalue weighted by atomic mass is 10.2. The second kappa shape index (κ2) is 5.52. The van der Waals surface area contributed by atoms with Gasteiger partial charge in [0.25, 0.3) is 0 Å². The van der Waals surface area contributed by atoms with Crippen LogP contribution in [0.25, 0.3) is 0 Å². The third-order valence-electron chi connectivity index (χ3n) is 3.23. The maximum atomic E-state index is 5.77. The molecule has 1 aromatic heterocycles. The summed E-state index contributed by atoms with van der Waals surface area (Å²) in [7, 11) is 0. The molecule has 0 spiro atoms. The van der Waals surface area contributed by atoms with Crippen LogP contribution in [0.2, 0.25) is 0 Å². The summed E-state index contributed by atoms with van der Waals surface area (Å²) in [5.41, 5.74) is 3.48. The summed E-state index contributed by atoms with van der Waals surface area (Å²) in [5.74, 6) is 8.66. The number of nitrogens with zero attached hydrogens (tertiary/aromatic N) is 2. The van der Waals surface area contributed by atoms with Crippen LogP contribution < -0.4 is 16.0 Å². The average molecular weight is 250 g/mol. The Labute approximate surface area is 108 Å². The SMILES string of the molecule is Cc1c(NN)nc(C(C)C)nc1OCCC1CC1. The molecule has 1 aliphatic rings. The number of hydrogen-bond acceptors (Lipinski definition) is 5. The Balaban J connectivity index is 2.11. The van der Waals surface area contributed by atoms with Gasteiger partial charge in [0.15, 0.2) is 0 Å². The standard InChI is InChI=1S/C13H22N4O/c1-8(2)11-15-12(17-14)9(3)13(16-11)18-7-6-10-4-5-10/h8,10H,4-7,14H2,1-3H3,(H,15,16,17). The van der Waals surface area contributed by atoms with Gasteiger partial charge in [-0.2, -0.15) is 4.98 Å². The third-order valence-corrected chi connectivity index (χ3v) is 3.23. The van der Waals surface area contributed by atoms with E-state index in [-0.39, 0.29) is 5.92 Å². The van der Waals surface area contributed by atoms with Gasteiger partial charge < -0.3 is 10.2 Å². The Morgan fingerprint density at radius 2 is 2.11 bits per heavy atom. The van der Waals surface area contributed by atoms with Crippen LogP contribution >= 0.6 is 0 Å². The van der Waals surface area contributed by atoms with E-state index in [1.807, 2.05) is 6.92 Å². The van der Waals surface area contributed by atoms with Crippen molar-refractivity contribution in [3.8, 4) is 5.88 Å². The predicted octanol–water partition coefficient (Wildman–Crippen LogP) is 2.37. The number of ether oxygens (including phenoxy) is 1. The van der Waals surface area contributed by atoms with Crippen molar-refractivity contribution in [2.45, 2.75) is 46.0 Å². The second-order valence-corrected chi connectivity index (χ2v) is 5.24. The largest absolute Gasteiger partial charge is 0.477 e. The van der Waals surface area contributed by atoms with E-state index in [0.717, 1.165) is 30.3 Å². The molecule has 0 unspecified atom stereocenters. The maximum absolute atomic E-state index is 5.77. The first kappa shape index (κ1) is 13.1. The minimum atomic E-state index is 0.253. The fourth-order valence-electron chi connectivity index (χ4n) is 1.78. The topological polar surface area (TPSA) is 73.1 Å². The van der Waals surface area contributed by atoms with Crippen LogP contribution in [0.3, 0.4) is 0 Å². The van der Waals surface area contributed by atoms with Gasteiger partial charge >= 0.3 is 0 Å². The van der Waals surface area contributed by atoms with Crippen LogP contribution in [0, 0.1) is 12.8 Å². The van der Waals surface area contributed by atoms with Crippen molar-refractivity contribution in [1.29, 1.82) is 0 Å².